The van der Waals surface area contributed by atoms with Gasteiger partial charge in [0.25, 0.3) is 5.56 Å². The summed E-state index contributed by atoms with van der Waals surface area (Å²) in [4.78, 5) is 19.5. The van der Waals surface area contributed by atoms with E-state index >= 15 is 0 Å². The molecule has 0 spiro atoms. The molecule has 1 atom stereocenters. The molecule has 1 aliphatic carbocycles. The highest BCUT2D eigenvalue weighted by Gasteiger charge is 2.24. The molecule has 0 saturated carbocycles. The predicted molar refractivity (Wildman–Crippen MR) is 88.3 cm³/mol. The smallest absolute Gasteiger partial charge is 0.262 e. The Morgan fingerprint density at radius 3 is 3.10 bits per heavy atom. The lowest BCUT2D eigenvalue weighted by molar-refractivity contribution is 0.476. The van der Waals surface area contributed by atoms with Crippen molar-refractivity contribution in [2.24, 2.45) is 0 Å². The van der Waals surface area contributed by atoms with Gasteiger partial charge in [0.2, 0.25) is 0 Å². The summed E-state index contributed by atoms with van der Waals surface area (Å²) in [6.45, 7) is 6.08. The number of fused-ring (bicyclic) bond motifs is 3. The zero-order valence-corrected chi connectivity index (χ0v) is 13.6. The maximum absolute atomic E-state index is 12.7. The van der Waals surface area contributed by atoms with Gasteiger partial charge in [-0.3, -0.25) is 9.36 Å². The van der Waals surface area contributed by atoms with Gasteiger partial charge >= 0.3 is 0 Å². The van der Waals surface area contributed by atoms with Gasteiger partial charge in [-0.15, -0.1) is 11.3 Å². The molecule has 1 N–H and O–H groups in total. The Morgan fingerprint density at radius 1 is 1.48 bits per heavy atom. The normalized spacial score (nSPS) is 18.1. The van der Waals surface area contributed by atoms with Gasteiger partial charge in [0.15, 0.2) is 0 Å². The van der Waals surface area contributed by atoms with Gasteiger partial charge in [0.1, 0.15) is 4.83 Å². The first-order valence-electron chi connectivity index (χ1n) is 7.97. The SMILES string of the molecule is CCCCn1cnc2sc3c(c2c1=O)CC[C@H](NCC)C3. The fourth-order valence-electron chi connectivity index (χ4n) is 3.15. The van der Waals surface area contributed by atoms with Crippen LogP contribution >= 0.6 is 11.3 Å². The van der Waals surface area contributed by atoms with Crippen molar-refractivity contribution in [1.29, 1.82) is 0 Å². The third-order valence-electron chi connectivity index (χ3n) is 4.28. The summed E-state index contributed by atoms with van der Waals surface area (Å²) in [6.07, 6.45) is 7.01. The van der Waals surface area contributed by atoms with Crippen LogP contribution in [0.3, 0.4) is 0 Å². The molecular formula is C16H23N3OS. The van der Waals surface area contributed by atoms with Crippen LogP contribution < -0.4 is 10.9 Å². The van der Waals surface area contributed by atoms with Gasteiger partial charge in [0, 0.05) is 17.5 Å². The van der Waals surface area contributed by atoms with Gasteiger partial charge < -0.3 is 5.32 Å². The molecule has 4 nitrogen and oxygen atoms in total. The van der Waals surface area contributed by atoms with Gasteiger partial charge in [-0.25, -0.2) is 4.98 Å². The standard InChI is InChI=1S/C16H23N3OS/c1-3-5-8-19-10-18-15-14(16(19)20)12-7-6-11(17-4-2)9-13(12)21-15/h10-11,17H,3-9H2,1-2H3/t11-/m0/s1. The van der Waals surface area contributed by atoms with Crippen LogP contribution in [-0.4, -0.2) is 22.1 Å². The zero-order chi connectivity index (χ0) is 14.8. The Balaban J connectivity index is 1.99. The quantitative estimate of drug-likeness (QED) is 0.924. The van der Waals surface area contributed by atoms with Crippen LogP contribution in [0.1, 0.15) is 43.6 Å². The number of likely N-dealkylation sites (N-methyl/N-ethyl adjacent to an activating group) is 1. The fraction of sp³-hybridized carbons (Fsp3) is 0.625. The first-order chi connectivity index (χ1) is 10.2. The van der Waals surface area contributed by atoms with Crippen LogP contribution in [0, 0.1) is 0 Å². The molecule has 0 bridgehead atoms. The molecule has 3 rings (SSSR count). The second-order valence-corrected chi connectivity index (χ2v) is 6.86. The highest BCUT2D eigenvalue weighted by Crippen LogP contribution is 2.33. The summed E-state index contributed by atoms with van der Waals surface area (Å²) >= 11 is 1.71. The van der Waals surface area contributed by atoms with E-state index in [1.807, 2.05) is 0 Å². The van der Waals surface area contributed by atoms with Crippen molar-refractivity contribution in [2.45, 2.75) is 58.5 Å². The molecule has 1 aliphatic rings. The molecule has 2 heterocycles. The molecule has 114 valence electrons. The summed E-state index contributed by atoms with van der Waals surface area (Å²) in [5.41, 5.74) is 1.43. The van der Waals surface area contributed by atoms with Crippen molar-refractivity contribution in [3.63, 3.8) is 0 Å². The number of rotatable bonds is 5. The van der Waals surface area contributed by atoms with E-state index in [9.17, 15) is 4.79 Å². The van der Waals surface area contributed by atoms with Crippen LogP contribution in [0.25, 0.3) is 10.2 Å². The minimum atomic E-state index is 0.160. The number of unbranched alkanes of at least 4 members (excludes halogenated alkanes) is 1. The fourth-order valence-corrected chi connectivity index (χ4v) is 4.41. The maximum atomic E-state index is 12.7. The monoisotopic (exact) mass is 305 g/mol. The summed E-state index contributed by atoms with van der Waals surface area (Å²) in [5, 5.41) is 4.42. The molecule has 0 amide bonds. The van der Waals surface area contributed by atoms with Crippen molar-refractivity contribution in [3.05, 3.63) is 27.1 Å². The predicted octanol–water partition coefficient (Wildman–Crippen LogP) is 2.72. The summed E-state index contributed by atoms with van der Waals surface area (Å²) in [6, 6.07) is 0.554. The molecule has 0 saturated heterocycles. The van der Waals surface area contributed by atoms with Gasteiger partial charge in [-0.2, -0.15) is 0 Å². The van der Waals surface area contributed by atoms with E-state index in [0.29, 0.717) is 6.04 Å². The van der Waals surface area contributed by atoms with E-state index in [1.165, 1.54) is 10.4 Å². The van der Waals surface area contributed by atoms with Crippen molar-refractivity contribution < 1.29 is 0 Å². The molecule has 5 heteroatoms. The van der Waals surface area contributed by atoms with E-state index in [0.717, 1.165) is 55.4 Å². The molecule has 0 fully saturated rings. The van der Waals surface area contributed by atoms with E-state index in [4.69, 9.17) is 0 Å². The molecular weight excluding hydrogens is 282 g/mol. The minimum Gasteiger partial charge on any atom is -0.314 e. The Bertz CT molecular complexity index is 689. The van der Waals surface area contributed by atoms with Crippen molar-refractivity contribution in [2.75, 3.05) is 6.54 Å². The molecule has 0 radical (unpaired) electrons. The number of hydrogen-bond acceptors (Lipinski definition) is 4. The average molecular weight is 305 g/mol. The number of thiophene rings is 1. The number of aryl methyl sites for hydroxylation is 2. The first kappa shape index (κ1) is 14.7. The van der Waals surface area contributed by atoms with Crippen LogP contribution in [0.2, 0.25) is 0 Å². The molecule has 0 unspecified atom stereocenters. The number of aromatic nitrogens is 2. The summed E-state index contributed by atoms with van der Waals surface area (Å²) in [5.74, 6) is 0. The van der Waals surface area contributed by atoms with Gasteiger partial charge in [-0.1, -0.05) is 20.3 Å². The van der Waals surface area contributed by atoms with E-state index in [2.05, 4.69) is 24.1 Å². The maximum Gasteiger partial charge on any atom is 0.262 e. The Labute approximate surface area is 129 Å². The van der Waals surface area contributed by atoms with Crippen molar-refractivity contribution in [1.82, 2.24) is 14.9 Å². The molecule has 2 aromatic rings. The van der Waals surface area contributed by atoms with E-state index in [1.54, 1.807) is 22.2 Å². The lowest BCUT2D eigenvalue weighted by atomic mass is 9.93. The molecule has 2 aromatic heterocycles. The second kappa shape index (κ2) is 6.28. The highest BCUT2D eigenvalue weighted by atomic mass is 32.1. The van der Waals surface area contributed by atoms with Crippen LogP contribution in [0.5, 0.6) is 0 Å². The highest BCUT2D eigenvalue weighted by molar-refractivity contribution is 7.18. The van der Waals surface area contributed by atoms with E-state index < -0.39 is 0 Å². The molecule has 21 heavy (non-hydrogen) atoms. The largest absolute Gasteiger partial charge is 0.314 e. The topological polar surface area (TPSA) is 46.9 Å². The van der Waals surface area contributed by atoms with Gasteiger partial charge in [-0.05, 0) is 37.8 Å². The average Bonchev–Trinajstić information content (AvgIpc) is 2.85. The summed E-state index contributed by atoms with van der Waals surface area (Å²) < 4.78 is 1.79. The molecule has 0 aliphatic heterocycles. The Hall–Kier alpha value is -1.20. The van der Waals surface area contributed by atoms with Crippen molar-refractivity contribution in [3.8, 4) is 0 Å². The van der Waals surface area contributed by atoms with Crippen LogP contribution in [0.4, 0.5) is 0 Å². The minimum absolute atomic E-state index is 0.160. The number of hydrogen-bond donors (Lipinski definition) is 1. The summed E-state index contributed by atoms with van der Waals surface area (Å²) in [7, 11) is 0. The van der Waals surface area contributed by atoms with Crippen molar-refractivity contribution >= 4 is 21.6 Å². The third kappa shape index (κ3) is 2.77. The lowest BCUT2D eigenvalue weighted by Crippen LogP contribution is -2.34. The first-order valence-corrected chi connectivity index (χ1v) is 8.79. The van der Waals surface area contributed by atoms with Crippen LogP contribution in [-0.2, 0) is 19.4 Å². The Morgan fingerprint density at radius 2 is 2.33 bits per heavy atom. The van der Waals surface area contributed by atoms with Crippen LogP contribution in [0.15, 0.2) is 11.1 Å². The lowest BCUT2D eigenvalue weighted by Gasteiger charge is -2.22. The number of nitrogens with one attached hydrogen (secondary N) is 1. The van der Waals surface area contributed by atoms with E-state index in [-0.39, 0.29) is 5.56 Å². The number of nitrogens with zero attached hydrogens (tertiary/aromatic N) is 2. The zero-order valence-electron chi connectivity index (χ0n) is 12.8. The molecule has 0 aromatic carbocycles. The third-order valence-corrected chi connectivity index (χ3v) is 5.44. The second-order valence-electron chi connectivity index (χ2n) is 5.78. The Kier molecular flexibility index (Phi) is 4.40. The van der Waals surface area contributed by atoms with Gasteiger partial charge in [0.05, 0.1) is 11.7 Å².